The molecule has 0 spiro atoms. The second kappa shape index (κ2) is 5.29. The van der Waals surface area contributed by atoms with Crippen molar-refractivity contribution in [2.45, 2.75) is 6.54 Å². The van der Waals surface area contributed by atoms with Crippen molar-refractivity contribution in [3.63, 3.8) is 0 Å². The molecule has 0 radical (unpaired) electrons. The van der Waals surface area contributed by atoms with Gasteiger partial charge in [-0.3, -0.25) is 9.36 Å². The quantitative estimate of drug-likeness (QED) is 0.792. The Bertz CT molecular complexity index is 692. The average molecular weight is 326 g/mol. The van der Waals surface area contributed by atoms with E-state index < -0.39 is 0 Å². The highest BCUT2D eigenvalue weighted by Gasteiger charge is 2.07. The molecular formula is C11H6BrClN4O. The van der Waals surface area contributed by atoms with Gasteiger partial charge in [-0.2, -0.15) is 5.26 Å². The van der Waals surface area contributed by atoms with Crippen LogP contribution < -0.4 is 5.56 Å². The number of aromatic nitrogens is 3. The lowest BCUT2D eigenvalue weighted by molar-refractivity contribution is 0.730. The van der Waals surface area contributed by atoms with Gasteiger partial charge in [-0.25, -0.2) is 9.97 Å². The molecule has 5 nitrogen and oxygen atoms in total. The molecule has 0 amide bonds. The third-order valence-corrected chi connectivity index (χ3v) is 3.46. The maximum atomic E-state index is 11.9. The molecule has 2 heterocycles. The molecule has 0 fully saturated rings. The molecule has 0 aliphatic carbocycles. The smallest absolute Gasteiger partial charge is 0.269 e. The molecule has 0 saturated carbocycles. The Balaban J connectivity index is 2.38. The highest BCUT2D eigenvalue weighted by Crippen LogP contribution is 2.14. The average Bonchev–Trinajstić information content (AvgIpc) is 2.40. The van der Waals surface area contributed by atoms with E-state index >= 15 is 0 Å². The molecule has 90 valence electrons. The topological polar surface area (TPSA) is 71.6 Å². The summed E-state index contributed by atoms with van der Waals surface area (Å²) < 4.78 is 1.62. The summed E-state index contributed by atoms with van der Waals surface area (Å²) in [6.45, 7) is 0.304. The van der Waals surface area contributed by atoms with Crippen LogP contribution in [0.25, 0.3) is 0 Å². The molecule has 0 bridgehead atoms. The molecule has 0 N–H and O–H groups in total. The van der Waals surface area contributed by atoms with Crippen LogP contribution in [-0.2, 0) is 6.54 Å². The Kier molecular flexibility index (Phi) is 3.75. The molecule has 18 heavy (non-hydrogen) atoms. The zero-order valence-corrected chi connectivity index (χ0v) is 11.3. The lowest BCUT2D eigenvalue weighted by Gasteiger charge is -2.06. The first-order chi connectivity index (χ1) is 8.61. The van der Waals surface area contributed by atoms with Gasteiger partial charge in [-0.1, -0.05) is 11.6 Å². The lowest BCUT2D eigenvalue weighted by Crippen LogP contribution is -2.22. The van der Waals surface area contributed by atoms with Gasteiger partial charge in [0.1, 0.15) is 16.2 Å². The van der Waals surface area contributed by atoms with Gasteiger partial charge < -0.3 is 0 Å². The molecule has 2 rings (SSSR count). The van der Waals surface area contributed by atoms with E-state index in [1.165, 1.54) is 17.1 Å². The molecule has 0 aliphatic heterocycles. The van der Waals surface area contributed by atoms with Crippen molar-refractivity contribution in [2.24, 2.45) is 0 Å². The number of nitriles is 1. The Morgan fingerprint density at radius 1 is 1.50 bits per heavy atom. The van der Waals surface area contributed by atoms with Crippen LogP contribution in [0.3, 0.4) is 0 Å². The third-order valence-electron chi connectivity index (χ3n) is 2.23. The van der Waals surface area contributed by atoms with Gasteiger partial charge in [0, 0.05) is 6.20 Å². The number of halogens is 2. The Morgan fingerprint density at radius 2 is 2.28 bits per heavy atom. The van der Waals surface area contributed by atoms with Crippen LogP contribution in [-0.4, -0.2) is 14.5 Å². The monoisotopic (exact) mass is 324 g/mol. The first kappa shape index (κ1) is 12.7. The van der Waals surface area contributed by atoms with Crippen LogP contribution >= 0.6 is 27.5 Å². The predicted molar refractivity (Wildman–Crippen MR) is 69.3 cm³/mol. The van der Waals surface area contributed by atoms with Gasteiger partial charge in [0.15, 0.2) is 5.15 Å². The number of hydrogen-bond acceptors (Lipinski definition) is 4. The molecule has 0 atom stereocenters. The van der Waals surface area contributed by atoms with E-state index in [0.717, 1.165) is 5.56 Å². The summed E-state index contributed by atoms with van der Waals surface area (Å²) in [5.41, 5.74) is 0.825. The minimum atomic E-state index is -0.273. The summed E-state index contributed by atoms with van der Waals surface area (Å²) in [4.78, 5) is 19.6. The van der Waals surface area contributed by atoms with Crippen molar-refractivity contribution in [3.8, 4) is 6.07 Å². The maximum absolute atomic E-state index is 11.9. The van der Waals surface area contributed by atoms with Crippen molar-refractivity contribution in [3.05, 3.63) is 55.9 Å². The number of rotatable bonds is 2. The number of nitrogens with zero attached hydrogens (tertiary/aromatic N) is 4. The zero-order valence-electron chi connectivity index (χ0n) is 8.97. The van der Waals surface area contributed by atoms with Crippen molar-refractivity contribution >= 4 is 27.5 Å². The van der Waals surface area contributed by atoms with Gasteiger partial charge in [0.05, 0.1) is 12.9 Å². The summed E-state index contributed by atoms with van der Waals surface area (Å²) >= 11 is 8.79. The SMILES string of the molecule is N#Cc1cc(Cn2cnc(Cl)c(Br)c2=O)ccn1. The van der Waals surface area contributed by atoms with E-state index in [0.29, 0.717) is 12.2 Å². The van der Waals surface area contributed by atoms with Crippen LogP contribution in [0.4, 0.5) is 0 Å². The Hall–Kier alpha value is -1.71. The largest absolute Gasteiger partial charge is 0.294 e. The van der Waals surface area contributed by atoms with E-state index in [2.05, 4.69) is 25.9 Å². The number of pyridine rings is 1. The fourth-order valence-electron chi connectivity index (χ4n) is 1.39. The van der Waals surface area contributed by atoms with Gasteiger partial charge in [-0.15, -0.1) is 0 Å². The van der Waals surface area contributed by atoms with Crippen molar-refractivity contribution in [1.29, 1.82) is 5.26 Å². The normalized spacial score (nSPS) is 10.1. The van der Waals surface area contributed by atoms with Gasteiger partial charge in [0.2, 0.25) is 0 Å². The van der Waals surface area contributed by atoms with Gasteiger partial charge >= 0.3 is 0 Å². The molecule has 2 aromatic rings. The molecule has 2 aromatic heterocycles. The standard InChI is InChI=1S/C11H6BrClN4O/c12-9-10(13)16-6-17(11(9)18)5-7-1-2-15-8(3-7)4-14/h1-3,6H,5H2. The lowest BCUT2D eigenvalue weighted by atomic mass is 10.2. The maximum Gasteiger partial charge on any atom is 0.269 e. The van der Waals surface area contributed by atoms with Gasteiger partial charge in [-0.05, 0) is 33.6 Å². The van der Waals surface area contributed by atoms with E-state index in [1.54, 1.807) is 12.1 Å². The predicted octanol–water partition coefficient (Wildman–Crippen LogP) is 1.97. The Morgan fingerprint density at radius 3 is 3.00 bits per heavy atom. The van der Waals surface area contributed by atoms with Crippen LogP contribution in [0, 0.1) is 11.3 Å². The second-order valence-electron chi connectivity index (χ2n) is 3.44. The van der Waals surface area contributed by atoms with Crippen molar-refractivity contribution in [1.82, 2.24) is 14.5 Å². The van der Waals surface area contributed by atoms with E-state index in [4.69, 9.17) is 16.9 Å². The van der Waals surface area contributed by atoms with Crippen LogP contribution in [0.1, 0.15) is 11.3 Å². The minimum absolute atomic E-state index is 0.128. The molecule has 0 aromatic carbocycles. The first-order valence-electron chi connectivity index (χ1n) is 4.87. The third kappa shape index (κ3) is 2.58. The first-order valence-corrected chi connectivity index (χ1v) is 6.04. The highest BCUT2D eigenvalue weighted by molar-refractivity contribution is 9.10. The summed E-state index contributed by atoms with van der Waals surface area (Å²) in [7, 11) is 0. The van der Waals surface area contributed by atoms with E-state index in [9.17, 15) is 4.79 Å². The molecular weight excluding hydrogens is 320 g/mol. The molecule has 0 unspecified atom stereocenters. The molecule has 0 aliphatic rings. The summed E-state index contributed by atoms with van der Waals surface area (Å²) in [6, 6.07) is 5.30. The fourth-order valence-corrected chi connectivity index (χ4v) is 1.84. The van der Waals surface area contributed by atoms with Crippen LogP contribution in [0.5, 0.6) is 0 Å². The highest BCUT2D eigenvalue weighted by atomic mass is 79.9. The van der Waals surface area contributed by atoms with E-state index in [1.807, 2.05) is 6.07 Å². The number of hydrogen-bond donors (Lipinski definition) is 0. The van der Waals surface area contributed by atoms with Crippen LogP contribution in [0.2, 0.25) is 5.15 Å². The summed E-state index contributed by atoms with van der Waals surface area (Å²) in [6.07, 6.45) is 2.89. The fraction of sp³-hybridized carbons (Fsp3) is 0.0909. The Labute approximate surface area is 116 Å². The summed E-state index contributed by atoms with van der Waals surface area (Å²) in [5.74, 6) is 0. The summed E-state index contributed by atoms with van der Waals surface area (Å²) in [5, 5.41) is 8.87. The van der Waals surface area contributed by atoms with Crippen molar-refractivity contribution < 1.29 is 0 Å². The minimum Gasteiger partial charge on any atom is -0.294 e. The van der Waals surface area contributed by atoms with E-state index in [-0.39, 0.29) is 15.2 Å². The van der Waals surface area contributed by atoms with Crippen molar-refractivity contribution in [2.75, 3.05) is 0 Å². The van der Waals surface area contributed by atoms with Crippen LogP contribution in [0.15, 0.2) is 33.9 Å². The molecule has 7 heteroatoms. The second-order valence-corrected chi connectivity index (χ2v) is 4.59. The molecule has 0 saturated heterocycles. The zero-order chi connectivity index (χ0) is 13.1. The van der Waals surface area contributed by atoms with Gasteiger partial charge in [0.25, 0.3) is 5.56 Å².